The van der Waals surface area contributed by atoms with E-state index in [9.17, 15) is 9.90 Å². The normalized spacial score (nSPS) is 22.7. The van der Waals surface area contributed by atoms with Crippen molar-refractivity contribution in [2.75, 3.05) is 13.7 Å². The van der Waals surface area contributed by atoms with Gasteiger partial charge in [0, 0.05) is 25.3 Å². The van der Waals surface area contributed by atoms with Crippen LogP contribution in [0.2, 0.25) is 0 Å². The van der Waals surface area contributed by atoms with Crippen LogP contribution in [0.1, 0.15) is 62.1 Å². The molecule has 2 rings (SSSR count). The molecule has 0 bridgehead atoms. The summed E-state index contributed by atoms with van der Waals surface area (Å²) in [6.45, 7) is 6.08. The van der Waals surface area contributed by atoms with E-state index < -0.39 is 0 Å². The molecule has 1 aliphatic rings. The van der Waals surface area contributed by atoms with Gasteiger partial charge >= 0.3 is 6.03 Å². The maximum Gasteiger partial charge on any atom is 0.317 e. The largest absolute Gasteiger partial charge is 0.396 e. The maximum atomic E-state index is 12.6. The van der Waals surface area contributed by atoms with E-state index in [2.05, 4.69) is 10.5 Å². The fourth-order valence-electron chi connectivity index (χ4n) is 3.50. The number of aliphatic hydroxyl groups excluding tert-OH is 1. The van der Waals surface area contributed by atoms with Crippen LogP contribution >= 0.6 is 0 Å². The van der Waals surface area contributed by atoms with Crippen LogP contribution in [0.25, 0.3) is 0 Å². The Hall–Kier alpha value is -1.56. The van der Waals surface area contributed by atoms with Gasteiger partial charge in [-0.15, -0.1) is 0 Å². The second kappa shape index (κ2) is 7.81. The van der Waals surface area contributed by atoms with Crippen molar-refractivity contribution in [1.82, 2.24) is 15.4 Å². The van der Waals surface area contributed by atoms with E-state index in [-0.39, 0.29) is 24.7 Å². The van der Waals surface area contributed by atoms with Gasteiger partial charge in [-0.05, 0) is 51.9 Å². The zero-order valence-electron chi connectivity index (χ0n) is 14.6. The summed E-state index contributed by atoms with van der Waals surface area (Å²) in [6, 6.07) is 0.120. The summed E-state index contributed by atoms with van der Waals surface area (Å²) in [6.07, 6.45) is 4.67. The van der Waals surface area contributed by atoms with E-state index in [1.807, 2.05) is 32.7 Å². The van der Waals surface area contributed by atoms with Crippen molar-refractivity contribution in [2.45, 2.75) is 65.0 Å². The molecule has 1 aliphatic carbocycles. The predicted molar refractivity (Wildman–Crippen MR) is 88.1 cm³/mol. The van der Waals surface area contributed by atoms with E-state index >= 15 is 0 Å². The zero-order chi connectivity index (χ0) is 17.0. The minimum Gasteiger partial charge on any atom is -0.396 e. The molecule has 2 amide bonds. The molecule has 0 radical (unpaired) electrons. The molecule has 1 heterocycles. The Bertz CT molecular complexity index is 502. The van der Waals surface area contributed by atoms with Gasteiger partial charge in [0.15, 0.2) is 0 Å². The lowest BCUT2D eigenvalue weighted by atomic mass is 9.86. The van der Waals surface area contributed by atoms with E-state index in [4.69, 9.17) is 4.52 Å². The number of nitrogens with zero attached hydrogens (tertiary/aromatic N) is 2. The van der Waals surface area contributed by atoms with Crippen molar-refractivity contribution in [1.29, 1.82) is 0 Å². The molecule has 1 saturated carbocycles. The molecule has 0 aromatic carbocycles. The lowest BCUT2D eigenvalue weighted by Gasteiger charge is -2.35. The van der Waals surface area contributed by atoms with Gasteiger partial charge in [-0.3, -0.25) is 0 Å². The average molecular weight is 323 g/mol. The lowest BCUT2D eigenvalue weighted by Crippen LogP contribution is -2.46. The summed E-state index contributed by atoms with van der Waals surface area (Å²) in [4.78, 5) is 14.4. The van der Waals surface area contributed by atoms with Crippen LogP contribution in [0.3, 0.4) is 0 Å². The van der Waals surface area contributed by atoms with Gasteiger partial charge in [0.05, 0.1) is 11.7 Å². The van der Waals surface area contributed by atoms with Gasteiger partial charge in [0.2, 0.25) is 0 Å². The standard InChI is InChI=1S/C17H29N3O3/c1-5-15(16-11(2)19-23-12(16)3)18-17(22)20(4)14-8-6-13(10-21)7-9-14/h13-15,21H,5-10H2,1-4H3,(H,18,22). The molecule has 6 nitrogen and oxygen atoms in total. The van der Waals surface area contributed by atoms with Crippen molar-refractivity contribution in [2.24, 2.45) is 5.92 Å². The third kappa shape index (κ3) is 4.05. The van der Waals surface area contributed by atoms with Gasteiger partial charge in [0.1, 0.15) is 5.76 Å². The van der Waals surface area contributed by atoms with Crippen molar-refractivity contribution in [3.05, 3.63) is 17.0 Å². The van der Waals surface area contributed by atoms with Crippen LogP contribution in [-0.4, -0.2) is 40.9 Å². The molecule has 0 spiro atoms. The number of rotatable bonds is 5. The summed E-state index contributed by atoms with van der Waals surface area (Å²) in [7, 11) is 1.86. The highest BCUT2D eigenvalue weighted by Gasteiger charge is 2.28. The Kier molecular flexibility index (Phi) is 6.04. The third-order valence-corrected chi connectivity index (χ3v) is 5.09. The summed E-state index contributed by atoms with van der Waals surface area (Å²) in [5.41, 5.74) is 1.82. The first-order chi connectivity index (χ1) is 11.0. The van der Waals surface area contributed by atoms with Crippen LogP contribution in [0.5, 0.6) is 0 Å². The first kappa shape index (κ1) is 17.8. The Morgan fingerprint density at radius 2 is 2.04 bits per heavy atom. The monoisotopic (exact) mass is 323 g/mol. The molecule has 2 N–H and O–H groups in total. The fraction of sp³-hybridized carbons (Fsp3) is 0.765. The molecule has 0 aliphatic heterocycles. The fourth-order valence-corrected chi connectivity index (χ4v) is 3.50. The Balaban J connectivity index is 1.97. The number of hydrogen-bond donors (Lipinski definition) is 2. The Morgan fingerprint density at radius 1 is 1.39 bits per heavy atom. The van der Waals surface area contributed by atoms with Gasteiger partial charge < -0.3 is 19.8 Å². The molecule has 6 heteroatoms. The van der Waals surface area contributed by atoms with Gasteiger partial charge in [0.25, 0.3) is 0 Å². The summed E-state index contributed by atoms with van der Waals surface area (Å²) in [5, 5.41) is 16.3. The predicted octanol–water partition coefficient (Wildman–Crippen LogP) is 2.94. The Morgan fingerprint density at radius 3 is 2.52 bits per heavy atom. The van der Waals surface area contributed by atoms with Crippen LogP contribution in [-0.2, 0) is 0 Å². The summed E-state index contributed by atoms with van der Waals surface area (Å²) < 4.78 is 5.22. The maximum absolute atomic E-state index is 12.6. The number of hydrogen-bond acceptors (Lipinski definition) is 4. The summed E-state index contributed by atoms with van der Waals surface area (Å²) >= 11 is 0. The minimum atomic E-state index is -0.0787. The van der Waals surface area contributed by atoms with Crippen LogP contribution < -0.4 is 5.32 Å². The number of carbonyl (C=O) groups excluding carboxylic acids is 1. The molecular weight excluding hydrogens is 294 g/mol. The lowest BCUT2D eigenvalue weighted by molar-refractivity contribution is 0.132. The number of nitrogens with one attached hydrogen (secondary N) is 1. The molecule has 0 saturated heterocycles. The van der Waals surface area contributed by atoms with Crippen LogP contribution in [0.15, 0.2) is 4.52 Å². The van der Waals surface area contributed by atoms with Crippen molar-refractivity contribution < 1.29 is 14.4 Å². The number of aromatic nitrogens is 1. The number of aryl methyl sites for hydroxylation is 2. The van der Waals surface area contributed by atoms with Gasteiger partial charge in [-0.25, -0.2) is 4.79 Å². The second-order valence-corrected chi connectivity index (χ2v) is 6.62. The third-order valence-electron chi connectivity index (χ3n) is 5.09. The van der Waals surface area contributed by atoms with Crippen molar-refractivity contribution in [3.63, 3.8) is 0 Å². The quantitative estimate of drug-likeness (QED) is 0.873. The molecule has 1 atom stereocenters. The molecule has 1 fully saturated rings. The average Bonchev–Trinajstić information content (AvgIpc) is 2.90. The molecule has 23 heavy (non-hydrogen) atoms. The number of aliphatic hydroxyl groups is 1. The Labute approximate surface area is 138 Å². The van der Waals surface area contributed by atoms with Crippen molar-refractivity contribution >= 4 is 6.03 Å². The minimum absolute atomic E-state index is 0.0516. The smallest absolute Gasteiger partial charge is 0.317 e. The van der Waals surface area contributed by atoms with Gasteiger partial charge in [-0.2, -0.15) is 0 Å². The number of amides is 2. The second-order valence-electron chi connectivity index (χ2n) is 6.62. The topological polar surface area (TPSA) is 78.6 Å². The van der Waals surface area contributed by atoms with Crippen LogP contribution in [0.4, 0.5) is 4.79 Å². The highest BCUT2D eigenvalue weighted by molar-refractivity contribution is 5.74. The number of carbonyl (C=O) groups is 1. The number of urea groups is 1. The molecular formula is C17H29N3O3. The van der Waals surface area contributed by atoms with E-state index in [0.717, 1.165) is 49.1 Å². The molecule has 1 aromatic rings. The molecule has 1 unspecified atom stereocenters. The van der Waals surface area contributed by atoms with E-state index in [0.29, 0.717) is 5.92 Å². The SMILES string of the molecule is CCC(NC(=O)N(C)C1CCC(CO)CC1)c1c(C)noc1C. The van der Waals surface area contributed by atoms with Gasteiger partial charge in [-0.1, -0.05) is 12.1 Å². The molecule has 130 valence electrons. The van der Waals surface area contributed by atoms with Crippen LogP contribution in [0, 0.1) is 19.8 Å². The highest BCUT2D eigenvalue weighted by Crippen LogP contribution is 2.28. The van der Waals surface area contributed by atoms with E-state index in [1.165, 1.54) is 0 Å². The van der Waals surface area contributed by atoms with E-state index in [1.54, 1.807) is 0 Å². The highest BCUT2D eigenvalue weighted by atomic mass is 16.5. The van der Waals surface area contributed by atoms with Crippen molar-refractivity contribution in [3.8, 4) is 0 Å². The first-order valence-corrected chi connectivity index (χ1v) is 8.54. The first-order valence-electron chi connectivity index (χ1n) is 8.54. The molecule has 1 aromatic heterocycles. The zero-order valence-corrected chi connectivity index (χ0v) is 14.6. The summed E-state index contributed by atoms with van der Waals surface area (Å²) in [5.74, 6) is 1.16.